The molecule has 384 valence electrons. The van der Waals surface area contributed by atoms with Gasteiger partial charge < -0.3 is 0 Å². The Morgan fingerprint density at radius 3 is 0.922 bits per heavy atom. The lowest BCUT2D eigenvalue weighted by Crippen LogP contribution is -2.38. The molecule has 0 aromatic rings. The van der Waals surface area contributed by atoms with E-state index in [0.29, 0.717) is 41.4 Å². The second-order valence-corrected chi connectivity index (χ2v) is 24.5. The van der Waals surface area contributed by atoms with Gasteiger partial charge in [0.05, 0.1) is 5.41 Å². The summed E-state index contributed by atoms with van der Waals surface area (Å²) in [4.78, 5) is 0. The van der Waals surface area contributed by atoms with Crippen LogP contribution in [0.15, 0.2) is 0 Å². The van der Waals surface area contributed by atoms with Gasteiger partial charge in [-0.3, -0.25) is 0 Å². The molecule has 0 aliphatic heterocycles. The Morgan fingerprint density at radius 1 is 0.375 bits per heavy atom. The Kier molecular flexibility index (Phi) is 23.5. The predicted octanol–water partition coefficient (Wildman–Crippen LogP) is 22.5. The van der Waals surface area contributed by atoms with Gasteiger partial charge in [0.2, 0.25) is 0 Å². The zero-order chi connectivity index (χ0) is 57.5. The van der Waals surface area contributed by atoms with Crippen LogP contribution in [0, 0.1) is 75.3 Å². The molecule has 7 rings (SSSR count). The van der Waals surface area contributed by atoms with Gasteiger partial charge in [0.25, 0.3) is 0 Å². The van der Waals surface area contributed by atoms with Gasteiger partial charge in [-0.1, -0.05) is 245 Å². The SMILES string of the molecule is [2H]C([2H])(C)C1CCC(C)(C)CC1.[2H]C([2H])(C)C1CCC(C)CC1.[2H]C([2H])(C)C1CCCCC1.[2H]C1(C)CCC(C)(C(F)(F)F)CC1.[2H]C1(C)CCC(C)(C)CC1.[2H]C1(C)CCC(C)CC1.[2H]C1(C)CCC(C)CC1. The second-order valence-electron chi connectivity index (χ2n) is 24.5. The summed E-state index contributed by atoms with van der Waals surface area (Å²) in [6.07, 6.45) is 23.1. The van der Waals surface area contributed by atoms with Gasteiger partial charge in [0.15, 0.2) is 0 Å². The van der Waals surface area contributed by atoms with E-state index in [0.717, 1.165) is 94.8 Å². The average molecular weight is 920 g/mol. The number of alkyl halides is 3. The van der Waals surface area contributed by atoms with Crippen molar-refractivity contribution in [3.05, 3.63) is 0 Å². The minimum Gasteiger partial charge on any atom is -0.171 e. The van der Waals surface area contributed by atoms with Crippen molar-refractivity contribution in [3.8, 4) is 0 Å². The molecule has 0 aromatic heterocycles. The molecule has 0 atom stereocenters. The monoisotopic (exact) mass is 919 g/mol. The molecule has 64 heavy (non-hydrogen) atoms. The molecule has 0 saturated heterocycles. The van der Waals surface area contributed by atoms with Crippen molar-refractivity contribution in [1.82, 2.24) is 0 Å². The summed E-state index contributed by atoms with van der Waals surface area (Å²) >= 11 is 0. The van der Waals surface area contributed by atoms with Gasteiger partial charge in [-0.2, -0.15) is 13.2 Å². The van der Waals surface area contributed by atoms with Gasteiger partial charge in [0.1, 0.15) is 0 Å². The lowest BCUT2D eigenvalue weighted by atomic mass is 9.72. The van der Waals surface area contributed by atoms with Crippen LogP contribution in [0.4, 0.5) is 13.2 Å². The summed E-state index contributed by atoms with van der Waals surface area (Å²) in [6, 6.07) is 0. The average Bonchev–Trinajstić information content (AvgIpc) is 3.26. The summed E-state index contributed by atoms with van der Waals surface area (Å²) in [5, 5.41) is 0. The molecule has 0 unspecified atom stereocenters. The smallest absolute Gasteiger partial charge is 0.171 e. The van der Waals surface area contributed by atoms with E-state index in [2.05, 4.69) is 69.2 Å². The molecular weight excluding hydrogens is 790 g/mol. The largest absolute Gasteiger partial charge is 0.394 e. The molecule has 7 aliphatic carbocycles. The Labute approximate surface area is 416 Å². The third-order valence-corrected chi connectivity index (χ3v) is 16.8. The van der Waals surface area contributed by atoms with Crippen molar-refractivity contribution in [2.45, 2.75) is 315 Å². The molecular formula is C61H119F3. The number of halogens is 3. The molecule has 7 aliphatic rings. The van der Waals surface area contributed by atoms with E-state index in [9.17, 15) is 13.2 Å². The minimum atomic E-state index is -4.11. The van der Waals surface area contributed by atoms with E-state index in [1.807, 2.05) is 0 Å². The highest BCUT2D eigenvalue weighted by molar-refractivity contribution is 4.87. The van der Waals surface area contributed by atoms with Crippen molar-refractivity contribution in [2.75, 3.05) is 0 Å². The zero-order valence-corrected chi connectivity index (χ0v) is 45.6. The Bertz CT molecular complexity index is 1430. The third kappa shape index (κ3) is 29.0. The maximum absolute atomic E-state index is 12.5. The lowest BCUT2D eigenvalue weighted by molar-refractivity contribution is -0.229. The van der Waals surface area contributed by atoms with Crippen LogP contribution < -0.4 is 0 Å². The molecule has 7 fully saturated rings. The highest BCUT2D eigenvalue weighted by Gasteiger charge is 2.51. The van der Waals surface area contributed by atoms with Crippen molar-refractivity contribution >= 4 is 0 Å². The maximum atomic E-state index is 12.5. The first-order valence-electron chi connectivity index (χ1n) is 32.3. The molecule has 0 amide bonds. The molecule has 0 spiro atoms. The third-order valence-electron chi connectivity index (χ3n) is 16.8. The van der Waals surface area contributed by atoms with E-state index in [-0.39, 0.29) is 30.5 Å². The van der Waals surface area contributed by atoms with Crippen LogP contribution in [-0.4, -0.2) is 6.18 Å². The molecule has 3 heteroatoms. The molecule has 7 saturated carbocycles. The highest BCUT2D eigenvalue weighted by Crippen LogP contribution is 2.49. The van der Waals surface area contributed by atoms with Crippen LogP contribution in [0.3, 0.4) is 0 Å². The predicted molar refractivity (Wildman–Crippen MR) is 281 cm³/mol. The van der Waals surface area contributed by atoms with Crippen LogP contribution >= 0.6 is 0 Å². The summed E-state index contributed by atoms with van der Waals surface area (Å²) in [6.45, 7) is 30.3. The number of hydrogen-bond donors (Lipinski definition) is 0. The molecule has 0 radical (unpaired) electrons. The Balaban J connectivity index is 0.000000433. The van der Waals surface area contributed by atoms with Crippen molar-refractivity contribution in [1.29, 1.82) is 0 Å². The first-order valence-corrected chi connectivity index (χ1v) is 27.3. The van der Waals surface area contributed by atoms with Crippen LogP contribution in [-0.2, 0) is 0 Å². The van der Waals surface area contributed by atoms with Crippen molar-refractivity contribution < 1.29 is 26.9 Å². The first kappa shape index (κ1) is 46.2. The standard InChI is InChI=1S/C10H20.C9H15F3.2C9H18.3C8H16/c1-4-9-5-7-10(2,3)8-6-9;1-7-3-5-8(2,6-4-7)9(10,11)12;1-8-4-6-9(2,3)7-5-8;1-3-9-6-4-8(2)5-7-9;2*1-7-3-5-8(2)6-4-7;1-2-8-6-4-3-5-7-8/h9H,4-8H2,1-3H3;7H,3-6H2,1-2H3;8H,4-7H2,1-3H3;8-9H,3-7H2,1-2H3;2*7-8H,3-6H2,1-2H3;8H,2-7H2,1H3/i4D2;7D;8D;3D2;2*7D;2D2. The fraction of sp³-hybridized carbons (Fsp3) is 1.00. The molecule has 0 heterocycles. The highest BCUT2D eigenvalue weighted by atomic mass is 19.4. The quantitative estimate of drug-likeness (QED) is 0.265. The maximum Gasteiger partial charge on any atom is 0.394 e. The number of hydrogen-bond acceptors (Lipinski definition) is 0. The van der Waals surface area contributed by atoms with E-state index in [1.165, 1.54) is 90.4 Å². The van der Waals surface area contributed by atoms with Gasteiger partial charge in [-0.25, -0.2) is 0 Å². The summed E-state index contributed by atoms with van der Waals surface area (Å²) in [7, 11) is 0. The molecule has 0 nitrogen and oxygen atoms in total. The van der Waals surface area contributed by atoms with E-state index in [1.54, 1.807) is 27.7 Å². The summed E-state index contributed by atoms with van der Waals surface area (Å²) in [5.74, 6) is 2.59. The van der Waals surface area contributed by atoms with Gasteiger partial charge >= 0.3 is 6.18 Å². The Morgan fingerprint density at radius 2 is 0.641 bits per heavy atom. The fourth-order valence-corrected chi connectivity index (χ4v) is 10.0. The normalized spacial score (nSPS) is 40.3. The minimum absolute atomic E-state index is 0.0908. The molecule has 0 bridgehead atoms. The van der Waals surface area contributed by atoms with Gasteiger partial charge in [-0.15, -0.1) is 0 Å². The second kappa shape index (κ2) is 32.6. The summed E-state index contributed by atoms with van der Waals surface area (Å²) in [5.41, 5.74) is -0.574. The van der Waals surface area contributed by atoms with Crippen LogP contribution in [0.2, 0.25) is 0 Å². The van der Waals surface area contributed by atoms with Crippen LogP contribution in [0.25, 0.3) is 0 Å². The van der Waals surface area contributed by atoms with Gasteiger partial charge in [-0.05, 0) is 134 Å². The lowest BCUT2D eigenvalue weighted by Gasteiger charge is -2.37. The topological polar surface area (TPSA) is 0 Å². The van der Waals surface area contributed by atoms with E-state index < -0.39 is 36.6 Å². The first-order chi connectivity index (χ1) is 33.2. The Hall–Kier alpha value is -0.210. The van der Waals surface area contributed by atoms with Crippen LogP contribution in [0.1, 0.15) is 323 Å². The van der Waals surface area contributed by atoms with Crippen LogP contribution in [0.5, 0.6) is 0 Å². The summed E-state index contributed by atoms with van der Waals surface area (Å²) < 4.78 is 114. The zero-order valence-electron chi connectivity index (χ0n) is 55.6. The van der Waals surface area contributed by atoms with Crippen molar-refractivity contribution in [2.24, 2.45) is 75.3 Å². The molecule has 0 aromatic carbocycles. The molecule has 0 N–H and O–H groups in total. The van der Waals surface area contributed by atoms with Crippen molar-refractivity contribution in [3.63, 3.8) is 0 Å². The van der Waals surface area contributed by atoms with Gasteiger partial charge in [0, 0.05) is 13.7 Å². The van der Waals surface area contributed by atoms with E-state index >= 15 is 0 Å². The van der Waals surface area contributed by atoms with E-state index in [4.69, 9.17) is 13.7 Å². The number of rotatable bonds is 3. The fourth-order valence-electron chi connectivity index (χ4n) is 10.0.